The van der Waals surface area contributed by atoms with Crippen molar-refractivity contribution in [2.75, 3.05) is 26.7 Å². The van der Waals surface area contributed by atoms with Gasteiger partial charge in [-0.2, -0.15) is 17.4 Å². The van der Waals surface area contributed by atoms with Crippen molar-refractivity contribution in [1.29, 1.82) is 0 Å². The summed E-state index contributed by atoms with van der Waals surface area (Å²) in [6.07, 6.45) is 0.752. The van der Waals surface area contributed by atoms with Gasteiger partial charge < -0.3 is 5.32 Å². The molecule has 0 aliphatic heterocycles. The number of nitrogens with zero attached hydrogens (tertiary/aromatic N) is 1. The molecular formula is C13H22FN3O2S. The van der Waals surface area contributed by atoms with E-state index in [1.165, 1.54) is 16.4 Å². The molecule has 0 bridgehead atoms. The molecule has 0 saturated heterocycles. The third-order valence-electron chi connectivity index (χ3n) is 2.86. The average molecular weight is 303 g/mol. The van der Waals surface area contributed by atoms with Crippen LogP contribution in [-0.4, -0.2) is 39.4 Å². The Bertz CT molecular complexity index is 491. The number of hydrogen-bond donors (Lipinski definition) is 2. The van der Waals surface area contributed by atoms with E-state index >= 15 is 0 Å². The predicted molar refractivity (Wildman–Crippen MR) is 78.0 cm³/mol. The van der Waals surface area contributed by atoms with Crippen LogP contribution in [0.2, 0.25) is 0 Å². The van der Waals surface area contributed by atoms with Crippen molar-refractivity contribution in [3.05, 3.63) is 35.6 Å². The van der Waals surface area contributed by atoms with Gasteiger partial charge in [-0.15, -0.1) is 0 Å². The van der Waals surface area contributed by atoms with Crippen molar-refractivity contribution in [3.8, 4) is 0 Å². The topological polar surface area (TPSA) is 61.4 Å². The van der Waals surface area contributed by atoms with Crippen LogP contribution < -0.4 is 10.0 Å². The molecule has 0 amide bonds. The first-order valence-electron chi connectivity index (χ1n) is 6.62. The maximum atomic E-state index is 12.7. The first kappa shape index (κ1) is 17.0. The molecule has 0 aliphatic rings. The van der Waals surface area contributed by atoms with Gasteiger partial charge in [0.1, 0.15) is 5.82 Å². The van der Waals surface area contributed by atoms with Gasteiger partial charge in [-0.25, -0.2) is 4.39 Å². The summed E-state index contributed by atoms with van der Waals surface area (Å²) >= 11 is 0. The molecule has 0 heterocycles. The fourth-order valence-electron chi connectivity index (χ4n) is 1.61. The lowest BCUT2D eigenvalue weighted by Crippen LogP contribution is -2.39. The highest BCUT2D eigenvalue weighted by Gasteiger charge is 2.16. The molecule has 0 spiro atoms. The summed E-state index contributed by atoms with van der Waals surface area (Å²) in [5.74, 6) is -0.336. The van der Waals surface area contributed by atoms with Gasteiger partial charge in [0.25, 0.3) is 10.2 Å². The van der Waals surface area contributed by atoms with Crippen molar-refractivity contribution in [1.82, 2.24) is 14.3 Å². The smallest absolute Gasteiger partial charge is 0.279 e. The fraction of sp³-hybridized carbons (Fsp3) is 0.538. The van der Waals surface area contributed by atoms with E-state index < -0.39 is 10.2 Å². The summed E-state index contributed by atoms with van der Waals surface area (Å²) in [7, 11) is -1.95. The van der Waals surface area contributed by atoms with Crippen LogP contribution in [0.25, 0.3) is 0 Å². The lowest BCUT2D eigenvalue weighted by molar-refractivity contribution is 0.445. The normalized spacial score (nSPS) is 12.0. The van der Waals surface area contributed by atoms with E-state index in [0.29, 0.717) is 6.54 Å². The van der Waals surface area contributed by atoms with Crippen molar-refractivity contribution < 1.29 is 12.8 Å². The Balaban J connectivity index is 2.42. The minimum absolute atomic E-state index is 0.153. The molecule has 0 radical (unpaired) electrons. The maximum Gasteiger partial charge on any atom is 0.279 e. The Labute approximate surface area is 120 Å². The second-order valence-electron chi connectivity index (χ2n) is 4.48. The van der Waals surface area contributed by atoms with Crippen LogP contribution in [0.5, 0.6) is 0 Å². The van der Waals surface area contributed by atoms with Crippen LogP contribution in [0.1, 0.15) is 18.9 Å². The van der Waals surface area contributed by atoms with Crippen LogP contribution in [-0.2, 0) is 16.8 Å². The molecule has 20 heavy (non-hydrogen) atoms. The van der Waals surface area contributed by atoms with Crippen molar-refractivity contribution in [2.24, 2.45) is 0 Å². The van der Waals surface area contributed by atoms with Crippen molar-refractivity contribution in [2.45, 2.75) is 19.9 Å². The molecule has 0 fully saturated rings. The second kappa shape index (κ2) is 8.31. The van der Waals surface area contributed by atoms with Gasteiger partial charge in [0.05, 0.1) is 0 Å². The highest BCUT2D eigenvalue weighted by molar-refractivity contribution is 7.87. The Hall–Kier alpha value is -1.02. The first-order chi connectivity index (χ1) is 9.45. The largest absolute Gasteiger partial charge is 0.317 e. The standard InChI is InChI=1S/C13H22FN3O2S/c1-3-15-9-4-10-17(2)20(18,19)16-11-12-5-7-13(14)8-6-12/h5-8,15-16H,3-4,9-11H2,1-2H3. The summed E-state index contributed by atoms with van der Waals surface area (Å²) in [5.41, 5.74) is 0.719. The highest BCUT2D eigenvalue weighted by atomic mass is 32.2. The number of benzene rings is 1. The SMILES string of the molecule is CCNCCCN(C)S(=O)(=O)NCc1ccc(F)cc1. The third-order valence-corrected chi connectivity index (χ3v) is 4.37. The number of rotatable bonds is 9. The molecule has 1 aromatic carbocycles. The van der Waals surface area contributed by atoms with Crippen LogP contribution in [0.15, 0.2) is 24.3 Å². The maximum absolute atomic E-state index is 12.7. The molecule has 2 N–H and O–H groups in total. The van der Waals surface area contributed by atoms with Crippen molar-refractivity contribution in [3.63, 3.8) is 0 Å². The van der Waals surface area contributed by atoms with E-state index in [2.05, 4.69) is 10.0 Å². The van der Waals surface area contributed by atoms with Gasteiger partial charge in [0.2, 0.25) is 0 Å². The molecule has 114 valence electrons. The van der Waals surface area contributed by atoms with E-state index in [9.17, 15) is 12.8 Å². The van der Waals surface area contributed by atoms with Gasteiger partial charge in [0.15, 0.2) is 0 Å². The lowest BCUT2D eigenvalue weighted by atomic mass is 10.2. The van der Waals surface area contributed by atoms with Crippen LogP contribution in [0, 0.1) is 5.82 Å². The Morgan fingerprint density at radius 3 is 2.50 bits per heavy atom. The fourth-order valence-corrected chi connectivity index (χ4v) is 2.55. The molecular weight excluding hydrogens is 281 g/mol. The van der Waals surface area contributed by atoms with E-state index in [-0.39, 0.29) is 12.4 Å². The van der Waals surface area contributed by atoms with Crippen LogP contribution >= 0.6 is 0 Å². The highest BCUT2D eigenvalue weighted by Crippen LogP contribution is 2.04. The van der Waals surface area contributed by atoms with Crippen LogP contribution in [0.4, 0.5) is 4.39 Å². The lowest BCUT2D eigenvalue weighted by Gasteiger charge is -2.17. The minimum atomic E-state index is -3.49. The minimum Gasteiger partial charge on any atom is -0.317 e. The third kappa shape index (κ3) is 5.96. The van der Waals surface area contributed by atoms with E-state index in [4.69, 9.17) is 0 Å². The summed E-state index contributed by atoms with van der Waals surface area (Å²) in [4.78, 5) is 0. The zero-order valence-corrected chi connectivity index (χ0v) is 12.7. The molecule has 0 aromatic heterocycles. The van der Waals surface area contributed by atoms with Gasteiger partial charge in [-0.05, 0) is 37.2 Å². The van der Waals surface area contributed by atoms with Gasteiger partial charge in [-0.1, -0.05) is 19.1 Å². The monoisotopic (exact) mass is 303 g/mol. The van der Waals surface area contributed by atoms with Gasteiger partial charge in [-0.3, -0.25) is 0 Å². The molecule has 0 unspecified atom stereocenters. The van der Waals surface area contributed by atoms with E-state index in [1.54, 1.807) is 19.2 Å². The zero-order chi connectivity index (χ0) is 15.0. The first-order valence-corrected chi connectivity index (χ1v) is 8.06. The van der Waals surface area contributed by atoms with Gasteiger partial charge in [0, 0.05) is 20.1 Å². The van der Waals surface area contributed by atoms with Crippen LogP contribution in [0.3, 0.4) is 0 Å². The summed E-state index contributed by atoms with van der Waals surface area (Å²) in [6, 6.07) is 5.74. The molecule has 1 aromatic rings. The second-order valence-corrected chi connectivity index (χ2v) is 6.34. The molecule has 0 aliphatic carbocycles. The predicted octanol–water partition coefficient (Wildman–Crippen LogP) is 1.09. The summed E-state index contributed by atoms with van der Waals surface area (Å²) in [5, 5.41) is 3.14. The van der Waals surface area contributed by atoms with Gasteiger partial charge >= 0.3 is 0 Å². The summed E-state index contributed by atoms with van der Waals surface area (Å²) in [6.45, 7) is 4.27. The van der Waals surface area contributed by atoms with E-state index in [1.807, 2.05) is 6.92 Å². The molecule has 0 atom stereocenters. The number of halogens is 1. The van der Waals surface area contributed by atoms with E-state index in [0.717, 1.165) is 25.1 Å². The molecule has 1 rings (SSSR count). The average Bonchev–Trinajstić information content (AvgIpc) is 2.43. The Kier molecular flexibility index (Phi) is 7.08. The number of hydrogen-bond acceptors (Lipinski definition) is 3. The molecule has 0 saturated carbocycles. The zero-order valence-electron chi connectivity index (χ0n) is 11.9. The quantitative estimate of drug-likeness (QED) is 0.671. The molecule has 7 heteroatoms. The molecule has 5 nitrogen and oxygen atoms in total. The Morgan fingerprint density at radius 1 is 1.25 bits per heavy atom. The number of nitrogens with one attached hydrogen (secondary N) is 2. The van der Waals surface area contributed by atoms with Crippen molar-refractivity contribution >= 4 is 10.2 Å². The Morgan fingerprint density at radius 2 is 1.90 bits per heavy atom. The summed E-state index contributed by atoms with van der Waals surface area (Å²) < 4.78 is 40.4.